The number of anilines is 1. The van der Waals surface area contributed by atoms with Gasteiger partial charge in [0.2, 0.25) is 5.91 Å². The fourth-order valence-corrected chi connectivity index (χ4v) is 4.81. The van der Waals surface area contributed by atoms with Gasteiger partial charge in [0.15, 0.2) is 5.13 Å². The number of halogens is 1. The van der Waals surface area contributed by atoms with Gasteiger partial charge in [0.1, 0.15) is 6.04 Å². The van der Waals surface area contributed by atoms with E-state index in [0.717, 1.165) is 27.8 Å². The molecule has 168 valence electrons. The van der Waals surface area contributed by atoms with Gasteiger partial charge in [-0.05, 0) is 47.4 Å². The highest BCUT2D eigenvalue weighted by Crippen LogP contribution is 2.28. The smallest absolute Gasteiger partial charge is 0.253 e. The summed E-state index contributed by atoms with van der Waals surface area (Å²) in [6.07, 6.45) is 2.45. The summed E-state index contributed by atoms with van der Waals surface area (Å²) in [5, 5.41) is 10.7. The summed E-state index contributed by atoms with van der Waals surface area (Å²) in [7, 11) is 0. The molecule has 0 saturated carbocycles. The molecule has 1 aromatic heterocycles. The number of amides is 2. The molecule has 0 spiro atoms. The van der Waals surface area contributed by atoms with Crippen molar-refractivity contribution in [3.05, 3.63) is 82.7 Å². The summed E-state index contributed by atoms with van der Waals surface area (Å²) >= 11 is 9.11. The average Bonchev–Trinajstić information content (AvgIpc) is 3.30. The van der Waals surface area contributed by atoms with Crippen LogP contribution in [0.5, 0.6) is 0 Å². The zero-order chi connectivity index (χ0) is 23.2. The number of rotatable bonds is 8. The predicted octanol–water partition coefficient (Wildman–Crippen LogP) is 6.11. The van der Waals surface area contributed by atoms with Crippen LogP contribution in [0.1, 0.15) is 16.8 Å². The van der Waals surface area contributed by atoms with Crippen molar-refractivity contribution in [1.29, 1.82) is 0 Å². The Balaban J connectivity index is 1.48. The predicted molar refractivity (Wildman–Crippen MR) is 139 cm³/mol. The van der Waals surface area contributed by atoms with Gasteiger partial charge >= 0.3 is 0 Å². The molecular weight excluding hydrogens is 474 g/mol. The van der Waals surface area contributed by atoms with E-state index in [-0.39, 0.29) is 11.8 Å². The van der Waals surface area contributed by atoms with Gasteiger partial charge < -0.3 is 10.6 Å². The number of nitrogens with zero attached hydrogens (tertiary/aromatic N) is 1. The first-order chi connectivity index (χ1) is 16.0. The normalized spacial score (nSPS) is 11.8. The Morgan fingerprint density at radius 1 is 1.06 bits per heavy atom. The summed E-state index contributed by atoms with van der Waals surface area (Å²) in [6.45, 7) is 0. The van der Waals surface area contributed by atoms with Gasteiger partial charge in [0, 0.05) is 10.9 Å². The lowest BCUT2D eigenvalue weighted by Gasteiger charge is -2.17. The van der Waals surface area contributed by atoms with Gasteiger partial charge in [-0.3, -0.25) is 9.59 Å². The van der Waals surface area contributed by atoms with E-state index in [1.807, 2.05) is 29.8 Å². The molecule has 33 heavy (non-hydrogen) atoms. The monoisotopic (exact) mass is 495 g/mol. The lowest BCUT2D eigenvalue weighted by molar-refractivity contribution is -0.118. The molecule has 3 aromatic carbocycles. The molecule has 0 aliphatic heterocycles. The molecule has 0 saturated heterocycles. The maximum absolute atomic E-state index is 13.0. The van der Waals surface area contributed by atoms with E-state index in [1.54, 1.807) is 36.0 Å². The Morgan fingerprint density at radius 2 is 1.82 bits per heavy atom. The first-order valence-corrected chi connectivity index (χ1v) is 13.0. The van der Waals surface area contributed by atoms with Crippen LogP contribution in [0.25, 0.3) is 22.0 Å². The number of hydrogen-bond acceptors (Lipinski definition) is 5. The third-order valence-electron chi connectivity index (χ3n) is 5.13. The molecule has 4 aromatic rings. The number of fused-ring (bicyclic) bond motifs is 1. The minimum atomic E-state index is -0.700. The Hall–Kier alpha value is -2.87. The standard InChI is InChI=1S/C25H22ClN3O2S2/c1-32-13-12-21(27-23(30)19-8-4-5-9-20(19)26)24(31)29-25-28-22(15-33-25)18-11-10-16-6-2-3-7-17(16)14-18/h2-11,14-15,21H,12-13H2,1H3,(H,27,30)(H,28,29,31). The second-order valence-electron chi connectivity index (χ2n) is 7.38. The van der Waals surface area contributed by atoms with Crippen LogP contribution in [0.4, 0.5) is 5.13 Å². The number of carbonyl (C=O) groups excluding carboxylic acids is 2. The van der Waals surface area contributed by atoms with Gasteiger partial charge in [-0.2, -0.15) is 11.8 Å². The molecule has 1 atom stereocenters. The highest BCUT2D eigenvalue weighted by molar-refractivity contribution is 7.98. The Labute approximate surface area is 205 Å². The van der Waals surface area contributed by atoms with E-state index >= 15 is 0 Å². The van der Waals surface area contributed by atoms with Crippen LogP contribution < -0.4 is 10.6 Å². The van der Waals surface area contributed by atoms with E-state index in [2.05, 4.69) is 39.9 Å². The zero-order valence-electron chi connectivity index (χ0n) is 17.9. The van der Waals surface area contributed by atoms with Gasteiger partial charge in [0.05, 0.1) is 16.3 Å². The fraction of sp³-hybridized carbons (Fsp3) is 0.160. The van der Waals surface area contributed by atoms with Gasteiger partial charge in [-0.25, -0.2) is 4.98 Å². The second kappa shape index (κ2) is 10.8. The van der Waals surface area contributed by atoms with Crippen molar-refractivity contribution in [2.45, 2.75) is 12.5 Å². The molecular formula is C25H22ClN3O2S2. The van der Waals surface area contributed by atoms with Crippen LogP contribution in [0.2, 0.25) is 5.02 Å². The van der Waals surface area contributed by atoms with Crippen molar-refractivity contribution in [3.8, 4) is 11.3 Å². The van der Waals surface area contributed by atoms with Crippen molar-refractivity contribution in [3.63, 3.8) is 0 Å². The third-order valence-corrected chi connectivity index (χ3v) is 6.86. The van der Waals surface area contributed by atoms with E-state index in [4.69, 9.17) is 11.6 Å². The number of nitrogens with one attached hydrogen (secondary N) is 2. The zero-order valence-corrected chi connectivity index (χ0v) is 20.3. The van der Waals surface area contributed by atoms with Gasteiger partial charge in [0.25, 0.3) is 5.91 Å². The number of benzene rings is 3. The Bertz CT molecular complexity index is 1290. The van der Waals surface area contributed by atoms with Crippen molar-refractivity contribution in [2.24, 2.45) is 0 Å². The number of thiazole rings is 1. The molecule has 2 amide bonds. The number of hydrogen-bond donors (Lipinski definition) is 2. The molecule has 1 heterocycles. The largest absolute Gasteiger partial charge is 0.340 e. The summed E-state index contributed by atoms with van der Waals surface area (Å²) in [6, 6.07) is 20.4. The van der Waals surface area contributed by atoms with Crippen molar-refractivity contribution < 1.29 is 9.59 Å². The van der Waals surface area contributed by atoms with Crippen LogP contribution >= 0.6 is 34.7 Å². The average molecular weight is 496 g/mol. The van der Waals surface area contributed by atoms with Gasteiger partial charge in [-0.15, -0.1) is 11.3 Å². The van der Waals surface area contributed by atoms with E-state index in [1.165, 1.54) is 11.3 Å². The minimum Gasteiger partial charge on any atom is -0.340 e. The molecule has 1 unspecified atom stereocenters. The molecule has 8 heteroatoms. The molecule has 2 N–H and O–H groups in total. The van der Waals surface area contributed by atoms with Crippen LogP contribution in [0.3, 0.4) is 0 Å². The van der Waals surface area contributed by atoms with E-state index < -0.39 is 6.04 Å². The maximum Gasteiger partial charge on any atom is 0.253 e. The lowest BCUT2D eigenvalue weighted by Crippen LogP contribution is -2.44. The molecule has 0 fully saturated rings. The van der Waals surface area contributed by atoms with Crippen LogP contribution in [0.15, 0.2) is 72.1 Å². The summed E-state index contributed by atoms with van der Waals surface area (Å²) < 4.78 is 0. The molecule has 0 aliphatic carbocycles. The highest BCUT2D eigenvalue weighted by atomic mass is 35.5. The van der Waals surface area contributed by atoms with Crippen molar-refractivity contribution >= 4 is 62.4 Å². The molecule has 0 aliphatic rings. The first kappa shape index (κ1) is 23.3. The van der Waals surface area contributed by atoms with Crippen LogP contribution in [-0.2, 0) is 4.79 Å². The summed E-state index contributed by atoms with van der Waals surface area (Å²) in [5.74, 6) is 0.0443. The molecule has 5 nitrogen and oxygen atoms in total. The minimum absolute atomic E-state index is 0.302. The van der Waals surface area contributed by atoms with E-state index in [0.29, 0.717) is 22.1 Å². The number of aromatic nitrogens is 1. The summed E-state index contributed by atoms with van der Waals surface area (Å²) in [4.78, 5) is 30.3. The molecule has 0 radical (unpaired) electrons. The summed E-state index contributed by atoms with van der Waals surface area (Å²) in [5.41, 5.74) is 2.12. The number of carbonyl (C=O) groups is 2. The topological polar surface area (TPSA) is 71.1 Å². The Kier molecular flexibility index (Phi) is 7.65. The quantitative estimate of drug-likeness (QED) is 0.309. The Morgan fingerprint density at radius 3 is 2.61 bits per heavy atom. The maximum atomic E-state index is 13.0. The van der Waals surface area contributed by atoms with Gasteiger partial charge in [-0.1, -0.05) is 60.1 Å². The second-order valence-corrected chi connectivity index (χ2v) is 9.63. The fourth-order valence-electron chi connectivity index (χ4n) is 3.39. The highest BCUT2D eigenvalue weighted by Gasteiger charge is 2.23. The SMILES string of the molecule is CSCCC(NC(=O)c1ccccc1Cl)C(=O)Nc1nc(-c2ccc3ccccc3c2)cs1. The van der Waals surface area contributed by atoms with Crippen molar-refractivity contribution in [2.75, 3.05) is 17.3 Å². The first-order valence-electron chi connectivity index (χ1n) is 10.3. The molecule has 0 bridgehead atoms. The number of thioether (sulfide) groups is 1. The third kappa shape index (κ3) is 5.74. The van der Waals surface area contributed by atoms with E-state index in [9.17, 15) is 9.59 Å². The van der Waals surface area contributed by atoms with Crippen molar-refractivity contribution in [1.82, 2.24) is 10.3 Å². The van der Waals surface area contributed by atoms with Crippen LogP contribution in [-0.4, -0.2) is 34.8 Å². The van der Waals surface area contributed by atoms with Crippen LogP contribution in [0, 0.1) is 0 Å². The molecule has 4 rings (SSSR count). The lowest BCUT2D eigenvalue weighted by atomic mass is 10.1.